The summed E-state index contributed by atoms with van der Waals surface area (Å²) in [5.74, 6) is -1.000. The number of fused-ring (bicyclic) bond motifs is 2. The zero-order chi connectivity index (χ0) is 35.5. The fourth-order valence-corrected chi connectivity index (χ4v) is 7.62. The lowest BCUT2D eigenvalue weighted by Gasteiger charge is -2.46. The molecule has 3 N–H and O–H groups in total. The first-order valence-corrected chi connectivity index (χ1v) is 16.8. The molecule has 1 aliphatic heterocycles. The van der Waals surface area contributed by atoms with Crippen LogP contribution in [0.3, 0.4) is 0 Å². The smallest absolute Gasteiger partial charge is 0.416 e. The van der Waals surface area contributed by atoms with Gasteiger partial charge in [-0.25, -0.2) is 0 Å². The maximum Gasteiger partial charge on any atom is 0.416 e. The van der Waals surface area contributed by atoms with Crippen molar-refractivity contribution in [1.82, 2.24) is 34.3 Å². The average Bonchev–Trinajstić information content (AvgIpc) is 3.80. The number of hydrogen-bond donors (Lipinski definition) is 3. The van der Waals surface area contributed by atoms with Gasteiger partial charge in [0.2, 0.25) is 11.7 Å². The fraction of sp³-hybridized carbons (Fsp3) is 0.455. The van der Waals surface area contributed by atoms with Crippen molar-refractivity contribution in [2.75, 3.05) is 25.1 Å². The number of aromatic nitrogens is 6. The number of aryl methyl sites for hydroxylation is 1. The largest absolute Gasteiger partial charge is 0.504 e. The van der Waals surface area contributed by atoms with Crippen molar-refractivity contribution < 1.29 is 32.6 Å². The predicted molar refractivity (Wildman–Crippen MR) is 175 cm³/mol. The second kappa shape index (κ2) is 12.9. The van der Waals surface area contributed by atoms with Crippen LogP contribution in [0.4, 0.5) is 18.9 Å². The highest BCUT2D eigenvalue weighted by Crippen LogP contribution is 2.48. The summed E-state index contributed by atoms with van der Waals surface area (Å²) in [5.41, 5.74) is 0.951. The SMILES string of the molecule is CCN(C(=O)c1[nH]nc(C)c1O)C1CCC1C1CCc2c1c(=O)n1nc(C3=CCOCC3)nc1n2CC(=O)Nc1ccc(C(F)(F)F)cc1Cl. The van der Waals surface area contributed by atoms with E-state index >= 15 is 0 Å². The number of alkyl halides is 3. The quantitative estimate of drug-likeness (QED) is 0.237. The van der Waals surface area contributed by atoms with Gasteiger partial charge >= 0.3 is 6.18 Å². The van der Waals surface area contributed by atoms with Crippen LogP contribution in [0.25, 0.3) is 11.4 Å². The monoisotopic (exact) mass is 714 g/mol. The van der Waals surface area contributed by atoms with E-state index in [1.165, 1.54) is 4.52 Å². The highest BCUT2D eigenvalue weighted by molar-refractivity contribution is 6.33. The number of carbonyl (C=O) groups excluding carboxylic acids is 2. The number of anilines is 1. The standard InChI is InChI=1S/C33H34ClF3N8O5/c1-3-43(31(49)27-28(47)16(2)40-41-27)23-8-5-19(23)20-6-9-24-26(20)30(48)45-32(39-29(42-45)17-10-12-50-13-11-17)44(24)15-25(46)38-22-7-4-18(14-21(22)34)33(35,36)37/h4,7,10,14,19-20,23,47H,3,5-6,8-9,11-13,15H2,1-2H3,(H,38,46)(H,40,41). The molecule has 1 fully saturated rings. The summed E-state index contributed by atoms with van der Waals surface area (Å²) >= 11 is 6.13. The number of rotatable bonds is 8. The Hall–Kier alpha value is -4.70. The topological polar surface area (TPSA) is 160 Å². The van der Waals surface area contributed by atoms with E-state index < -0.39 is 17.6 Å². The molecule has 0 bridgehead atoms. The van der Waals surface area contributed by atoms with E-state index in [0.29, 0.717) is 68.2 Å². The number of H-pyrrole nitrogens is 1. The van der Waals surface area contributed by atoms with Gasteiger partial charge < -0.3 is 24.6 Å². The summed E-state index contributed by atoms with van der Waals surface area (Å²) in [5, 5.41) is 23.9. The number of halogens is 4. The van der Waals surface area contributed by atoms with Gasteiger partial charge in [-0.1, -0.05) is 17.7 Å². The van der Waals surface area contributed by atoms with Gasteiger partial charge in [-0.05, 0) is 81.6 Å². The molecule has 264 valence electrons. The third kappa shape index (κ3) is 5.83. The van der Waals surface area contributed by atoms with Crippen molar-refractivity contribution in [2.45, 2.75) is 70.6 Å². The van der Waals surface area contributed by atoms with Gasteiger partial charge in [0, 0.05) is 23.8 Å². The van der Waals surface area contributed by atoms with Gasteiger partial charge in [0.05, 0.1) is 29.5 Å². The minimum absolute atomic E-state index is 0.00547. The van der Waals surface area contributed by atoms with Crippen LogP contribution in [0.2, 0.25) is 5.02 Å². The predicted octanol–water partition coefficient (Wildman–Crippen LogP) is 4.71. The van der Waals surface area contributed by atoms with Crippen LogP contribution in [-0.2, 0) is 28.7 Å². The molecule has 0 spiro atoms. The van der Waals surface area contributed by atoms with E-state index in [9.17, 15) is 32.7 Å². The van der Waals surface area contributed by atoms with E-state index in [4.69, 9.17) is 21.3 Å². The summed E-state index contributed by atoms with van der Waals surface area (Å²) in [6.07, 6.45) is 0.278. The number of carbonyl (C=O) groups is 2. The zero-order valence-corrected chi connectivity index (χ0v) is 27.9. The Morgan fingerprint density at radius 1 is 1.22 bits per heavy atom. The summed E-state index contributed by atoms with van der Waals surface area (Å²) in [6, 6.07) is 2.47. The van der Waals surface area contributed by atoms with Crippen LogP contribution >= 0.6 is 11.6 Å². The van der Waals surface area contributed by atoms with E-state index in [1.54, 1.807) is 16.4 Å². The number of nitrogens with one attached hydrogen (secondary N) is 2. The molecule has 4 heterocycles. The van der Waals surface area contributed by atoms with Crippen molar-refractivity contribution in [1.29, 1.82) is 0 Å². The number of amides is 2. The molecule has 13 nitrogen and oxygen atoms in total. The molecule has 2 amide bonds. The van der Waals surface area contributed by atoms with E-state index in [2.05, 4.69) is 20.6 Å². The molecule has 4 aromatic rings. The molecule has 3 aliphatic rings. The van der Waals surface area contributed by atoms with E-state index in [0.717, 1.165) is 30.2 Å². The third-order valence-corrected chi connectivity index (χ3v) is 10.3. The lowest BCUT2D eigenvalue weighted by Crippen LogP contribution is -2.52. The summed E-state index contributed by atoms with van der Waals surface area (Å²) in [4.78, 5) is 47.7. The molecular weight excluding hydrogens is 681 g/mol. The molecule has 2 aliphatic carbocycles. The Balaban J connectivity index is 1.25. The van der Waals surface area contributed by atoms with Crippen molar-refractivity contribution >= 4 is 40.5 Å². The lowest BCUT2D eigenvalue weighted by atomic mass is 9.69. The molecule has 0 radical (unpaired) electrons. The van der Waals surface area contributed by atoms with Gasteiger partial charge in [-0.15, -0.1) is 5.10 Å². The summed E-state index contributed by atoms with van der Waals surface area (Å²) in [7, 11) is 0. The number of aromatic amines is 1. The molecule has 3 atom stereocenters. The molecule has 17 heteroatoms. The Kier molecular flexibility index (Phi) is 8.70. The first-order chi connectivity index (χ1) is 23.9. The Bertz CT molecular complexity index is 2100. The molecular formula is C33H34ClF3N8O5. The van der Waals surface area contributed by atoms with Crippen LogP contribution in [-0.4, -0.2) is 77.0 Å². The second-order valence-electron chi connectivity index (χ2n) is 12.8. The van der Waals surface area contributed by atoms with Crippen molar-refractivity contribution in [3.63, 3.8) is 0 Å². The number of benzene rings is 1. The van der Waals surface area contributed by atoms with Crippen molar-refractivity contribution in [3.05, 3.63) is 73.7 Å². The van der Waals surface area contributed by atoms with Crippen molar-refractivity contribution in [3.8, 4) is 5.75 Å². The van der Waals surface area contributed by atoms with Gasteiger partial charge in [0.25, 0.3) is 11.5 Å². The van der Waals surface area contributed by atoms with Gasteiger partial charge in [-0.3, -0.25) is 19.5 Å². The molecule has 1 aromatic carbocycles. The molecule has 1 saturated carbocycles. The summed E-state index contributed by atoms with van der Waals surface area (Å²) in [6.45, 7) is 4.34. The summed E-state index contributed by atoms with van der Waals surface area (Å²) < 4.78 is 47.9. The maximum absolute atomic E-state index is 14.3. The molecule has 50 heavy (non-hydrogen) atoms. The Labute approximate surface area is 288 Å². The highest BCUT2D eigenvalue weighted by Gasteiger charge is 2.47. The molecule has 3 aromatic heterocycles. The van der Waals surface area contributed by atoms with Gasteiger partial charge in [0.15, 0.2) is 17.3 Å². The van der Waals surface area contributed by atoms with Gasteiger partial charge in [0.1, 0.15) is 12.2 Å². The number of nitrogens with zero attached hydrogens (tertiary/aromatic N) is 6. The fourth-order valence-electron chi connectivity index (χ4n) is 7.40. The highest BCUT2D eigenvalue weighted by atomic mass is 35.5. The molecule has 3 unspecified atom stereocenters. The molecule has 0 saturated heterocycles. The zero-order valence-electron chi connectivity index (χ0n) is 27.2. The maximum atomic E-state index is 14.3. The van der Waals surface area contributed by atoms with Crippen LogP contribution in [0.5, 0.6) is 5.75 Å². The number of ether oxygens (including phenoxy) is 1. The van der Waals surface area contributed by atoms with Crippen LogP contribution in [0.1, 0.15) is 77.4 Å². The van der Waals surface area contributed by atoms with Gasteiger partial charge in [-0.2, -0.15) is 27.8 Å². The Morgan fingerprint density at radius 3 is 2.64 bits per heavy atom. The average molecular weight is 715 g/mol. The second-order valence-corrected chi connectivity index (χ2v) is 13.2. The minimum Gasteiger partial charge on any atom is -0.504 e. The van der Waals surface area contributed by atoms with Crippen molar-refractivity contribution in [2.24, 2.45) is 5.92 Å². The van der Waals surface area contributed by atoms with Crippen LogP contribution in [0, 0.1) is 12.8 Å². The normalized spacial score (nSPS) is 20.4. The minimum atomic E-state index is -4.60. The third-order valence-electron chi connectivity index (χ3n) is 10.0. The lowest BCUT2D eigenvalue weighted by molar-refractivity contribution is -0.137. The molecule has 7 rings (SSSR count). The van der Waals surface area contributed by atoms with Crippen LogP contribution < -0.4 is 10.9 Å². The first kappa shape index (κ1) is 33.8. The number of aromatic hydroxyl groups is 1. The first-order valence-electron chi connectivity index (χ1n) is 16.4. The van der Waals surface area contributed by atoms with E-state index in [1.807, 2.05) is 13.0 Å². The van der Waals surface area contributed by atoms with Crippen LogP contribution in [0.15, 0.2) is 29.1 Å². The Morgan fingerprint density at radius 2 is 2.02 bits per heavy atom. The number of hydrogen-bond acceptors (Lipinski definition) is 8. The van der Waals surface area contributed by atoms with E-state index in [-0.39, 0.29) is 63.8 Å².